The summed E-state index contributed by atoms with van der Waals surface area (Å²) in [7, 11) is 0. The van der Waals surface area contributed by atoms with Crippen LogP contribution in [0, 0.1) is 0 Å². The number of rotatable bonds is 3. The van der Waals surface area contributed by atoms with Gasteiger partial charge in [-0.1, -0.05) is 12.1 Å². The van der Waals surface area contributed by atoms with Crippen molar-refractivity contribution in [2.75, 3.05) is 31.1 Å². The van der Waals surface area contributed by atoms with Gasteiger partial charge < -0.3 is 20.5 Å². The van der Waals surface area contributed by atoms with Crippen molar-refractivity contribution >= 4 is 17.7 Å². The molecule has 0 aromatic heterocycles. The molecule has 2 aliphatic rings. The van der Waals surface area contributed by atoms with E-state index < -0.39 is 12.2 Å². The third-order valence-electron chi connectivity index (χ3n) is 3.57. The van der Waals surface area contributed by atoms with Gasteiger partial charge in [0.25, 0.3) is 5.91 Å². The van der Waals surface area contributed by atoms with Crippen LogP contribution in [0.4, 0.5) is 10.5 Å². The van der Waals surface area contributed by atoms with Crippen LogP contribution in [0.2, 0.25) is 0 Å². The summed E-state index contributed by atoms with van der Waals surface area (Å²) in [5.74, 6) is -0.141. The van der Waals surface area contributed by atoms with Crippen molar-refractivity contribution in [1.29, 1.82) is 0 Å². The van der Waals surface area contributed by atoms with Crippen molar-refractivity contribution in [2.24, 2.45) is 5.73 Å². The number of nitrogens with two attached hydrogens (primary N) is 1. The second kappa shape index (κ2) is 5.71. The predicted molar refractivity (Wildman–Crippen MR) is 74.8 cm³/mol. The van der Waals surface area contributed by atoms with Crippen LogP contribution in [-0.2, 0) is 14.3 Å². The quantitative estimate of drug-likeness (QED) is 0.827. The second-order valence-electron chi connectivity index (χ2n) is 4.99. The van der Waals surface area contributed by atoms with Gasteiger partial charge in [-0.25, -0.2) is 4.79 Å². The summed E-state index contributed by atoms with van der Waals surface area (Å²) in [6, 6.07) is 7.13. The lowest BCUT2D eigenvalue weighted by Gasteiger charge is -2.23. The molecule has 0 saturated carbocycles. The molecule has 2 unspecified atom stereocenters. The van der Waals surface area contributed by atoms with E-state index in [1.54, 1.807) is 24.3 Å². The molecule has 0 aliphatic carbocycles. The minimum atomic E-state index is -0.588. The fourth-order valence-electron chi connectivity index (χ4n) is 2.45. The monoisotopic (exact) mass is 291 g/mol. The first-order valence-electron chi connectivity index (χ1n) is 6.86. The fraction of sp³-hybridized carbons (Fsp3) is 0.429. The molecule has 112 valence electrons. The molecule has 1 aromatic carbocycles. The van der Waals surface area contributed by atoms with Crippen molar-refractivity contribution in [1.82, 2.24) is 5.32 Å². The number of benzene rings is 1. The Morgan fingerprint density at radius 3 is 2.67 bits per heavy atom. The van der Waals surface area contributed by atoms with Crippen molar-refractivity contribution in [3.8, 4) is 0 Å². The molecule has 2 saturated heterocycles. The number of hydrogen-bond acceptors (Lipinski definition) is 5. The van der Waals surface area contributed by atoms with Crippen molar-refractivity contribution in [2.45, 2.75) is 12.2 Å². The molecule has 2 heterocycles. The predicted octanol–water partition coefficient (Wildman–Crippen LogP) is 0.158. The molecule has 21 heavy (non-hydrogen) atoms. The molecule has 7 heteroatoms. The summed E-state index contributed by atoms with van der Waals surface area (Å²) in [6.07, 6.45) is -1.26. The van der Waals surface area contributed by atoms with Crippen LogP contribution in [0.3, 0.4) is 0 Å². The van der Waals surface area contributed by atoms with Crippen molar-refractivity contribution in [3.63, 3.8) is 0 Å². The maximum atomic E-state index is 11.7. The van der Waals surface area contributed by atoms with E-state index in [-0.39, 0.29) is 12.0 Å². The molecule has 0 radical (unpaired) electrons. The molecular weight excluding hydrogens is 274 g/mol. The normalized spacial score (nSPS) is 25.7. The minimum Gasteiger partial charge on any atom is -0.443 e. The van der Waals surface area contributed by atoms with Gasteiger partial charge >= 0.3 is 6.09 Å². The van der Waals surface area contributed by atoms with Crippen LogP contribution in [-0.4, -0.2) is 44.3 Å². The maximum absolute atomic E-state index is 11.7. The van der Waals surface area contributed by atoms with E-state index in [1.807, 2.05) is 0 Å². The Morgan fingerprint density at radius 1 is 1.29 bits per heavy atom. The number of anilines is 1. The summed E-state index contributed by atoms with van der Waals surface area (Å²) < 4.78 is 10.6. The average Bonchev–Trinajstić information content (AvgIpc) is 2.89. The number of cyclic esters (lactones) is 1. The van der Waals surface area contributed by atoms with Gasteiger partial charge in [-0.2, -0.15) is 0 Å². The smallest absolute Gasteiger partial charge is 0.414 e. The Labute approximate surface area is 122 Å². The highest BCUT2D eigenvalue weighted by molar-refractivity contribution is 5.90. The summed E-state index contributed by atoms with van der Waals surface area (Å²) in [4.78, 5) is 25.0. The van der Waals surface area contributed by atoms with E-state index in [0.29, 0.717) is 26.2 Å². The van der Waals surface area contributed by atoms with Gasteiger partial charge in [0.1, 0.15) is 6.10 Å². The molecule has 0 bridgehead atoms. The lowest BCUT2D eigenvalue weighted by molar-refractivity contribution is -0.138. The molecule has 3 N–H and O–H groups in total. The zero-order valence-corrected chi connectivity index (χ0v) is 11.5. The van der Waals surface area contributed by atoms with Gasteiger partial charge in [0.15, 0.2) is 6.10 Å². The molecular formula is C14H17N3O4. The Bertz CT molecular complexity index is 546. The average molecular weight is 291 g/mol. The number of hydrogen-bond donors (Lipinski definition) is 2. The van der Waals surface area contributed by atoms with E-state index in [0.717, 1.165) is 11.3 Å². The summed E-state index contributed by atoms with van der Waals surface area (Å²) >= 11 is 0. The Hall–Kier alpha value is -2.12. The lowest BCUT2D eigenvalue weighted by Crippen LogP contribution is -2.39. The molecule has 2 fully saturated rings. The van der Waals surface area contributed by atoms with E-state index in [1.165, 1.54) is 4.90 Å². The van der Waals surface area contributed by atoms with Crippen LogP contribution in [0.25, 0.3) is 0 Å². The standard InChI is InChI=1S/C14H17N3O4/c15-7-11-8-17(14(19)21-11)10-3-1-9(2-4-10)12-13(18)16-5-6-20-12/h1-4,11-12H,5-8,15H2,(H,16,18). The molecule has 2 atom stereocenters. The number of nitrogens with zero attached hydrogens (tertiary/aromatic N) is 1. The van der Waals surface area contributed by atoms with Gasteiger partial charge in [0.2, 0.25) is 0 Å². The highest BCUT2D eigenvalue weighted by Crippen LogP contribution is 2.25. The molecule has 1 aromatic rings. The number of morpholine rings is 1. The van der Waals surface area contributed by atoms with Crippen LogP contribution in [0.1, 0.15) is 11.7 Å². The zero-order valence-electron chi connectivity index (χ0n) is 11.5. The third kappa shape index (κ3) is 2.70. The first-order chi connectivity index (χ1) is 10.2. The molecule has 2 amide bonds. The highest BCUT2D eigenvalue weighted by Gasteiger charge is 2.31. The highest BCUT2D eigenvalue weighted by atomic mass is 16.6. The van der Waals surface area contributed by atoms with Gasteiger partial charge in [-0.3, -0.25) is 9.69 Å². The van der Waals surface area contributed by atoms with Crippen LogP contribution < -0.4 is 16.0 Å². The van der Waals surface area contributed by atoms with Gasteiger partial charge in [-0.05, 0) is 17.7 Å². The summed E-state index contributed by atoms with van der Waals surface area (Å²) in [6.45, 7) is 1.77. The Balaban J connectivity index is 1.75. The fourth-order valence-corrected chi connectivity index (χ4v) is 2.45. The van der Waals surface area contributed by atoms with E-state index >= 15 is 0 Å². The van der Waals surface area contributed by atoms with Crippen molar-refractivity contribution < 1.29 is 19.1 Å². The number of carbonyl (C=O) groups is 2. The van der Waals surface area contributed by atoms with Gasteiger partial charge in [-0.15, -0.1) is 0 Å². The van der Waals surface area contributed by atoms with Gasteiger partial charge in [0, 0.05) is 18.8 Å². The lowest BCUT2D eigenvalue weighted by atomic mass is 10.1. The topological polar surface area (TPSA) is 93.9 Å². The van der Waals surface area contributed by atoms with Crippen LogP contribution in [0.15, 0.2) is 24.3 Å². The SMILES string of the molecule is NCC1CN(c2ccc(C3OCCNC3=O)cc2)C(=O)O1. The molecule has 3 rings (SSSR count). The number of amides is 2. The first-order valence-corrected chi connectivity index (χ1v) is 6.86. The molecule has 0 spiro atoms. The van der Waals surface area contributed by atoms with Crippen molar-refractivity contribution in [3.05, 3.63) is 29.8 Å². The maximum Gasteiger partial charge on any atom is 0.414 e. The number of ether oxygens (including phenoxy) is 2. The molecule has 7 nitrogen and oxygen atoms in total. The van der Waals surface area contributed by atoms with E-state index in [2.05, 4.69) is 5.32 Å². The Morgan fingerprint density at radius 2 is 2.05 bits per heavy atom. The van der Waals surface area contributed by atoms with Crippen LogP contribution in [0.5, 0.6) is 0 Å². The van der Waals surface area contributed by atoms with E-state index in [9.17, 15) is 9.59 Å². The van der Waals surface area contributed by atoms with Crippen LogP contribution >= 0.6 is 0 Å². The summed E-state index contributed by atoms with van der Waals surface area (Å²) in [5, 5.41) is 2.76. The largest absolute Gasteiger partial charge is 0.443 e. The van der Waals surface area contributed by atoms with Gasteiger partial charge in [0.05, 0.1) is 13.2 Å². The number of nitrogens with one attached hydrogen (secondary N) is 1. The Kier molecular flexibility index (Phi) is 3.76. The van der Waals surface area contributed by atoms with E-state index in [4.69, 9.17) is 15.2 Å². The third-order valence-corrected chi connectivity index (χ3v) is 3.57. The minimum absolute atomic E-state index is 0.141. The second-order valence-corrected chi connectivity index (χ2v) is 4.99. The first kappa shape index (κ1) is 13.8. The summed E-state index contributed by atoms with van der Waals surface area (Å²) in [5.41, 5.74) is 6.99. The number of carbonyl (C=O) groups excluding carboxylic acids is 2. The zero-order chi connectivity index (χ0) is 14.8. The molecule has 2 aliphatic heterocycles.